The van der Waals surface area contributed by atoms with E-state index in [0.717, 1.165) is 31.6 Å². The third-order valence-electron chi connectivity index (χ3n) is 3.82. The molecule has 1 aliphatic rings. The Morgan fingerprint density at radius 2 is 2.00 bits per heavy atom. The Balaban J connectivity index is 2.02. The van der Waals surface area contributed by atoms with Gasteiger partial charge in [0.15, 0.2) is 0 Å². The lowest BCUT2D eigenvalue weighted by atomic mass is 10.0. The number of nitrogens with one attached hydrogen (secondary N) is 1. The summed E-state index contributed by atoms with van der Waals surface area (Å²) in [5.74, 6) is 0.291. The van der Waals surface area contributed by atoms with Crippen LogP contribution in [0.1, 0.15) is 49.4 Å². The normalized spacial score (nSPS) is 23.6. The second kappa shape index (κ2) is 5.95. The summed E-state index contributed by atoms with van der Waals surface area (Å²) in [7, 11) is 0. The number of phenolic OH excluding ortho intramolecular Hbond substituents is 2. The highest BCUT2D eigenvalue weighted by Gasteiger charge is 2.20. The Morgan fingerprint density at radius 3 is 2.79 bits per heavy atom. The minimum Gasteiger partial charge on any atom is -0.508 e. The summed E-state index contributed by atoms with van der Waals surface area (Å²) in [6.07, 6.45) is 5.42. The number of hydrogen-bond donors (Lipinski definition) is 3. The van der Waals surface area contributed by atoms with Crippen molar-refractivity contribution in [1.82, 2.24) is 5.32 Å². The Bertz CT molecular complexity index is 459. The molecule has 4 heteroatoms. The fourth-order valence-corrected chi connectivity index (χ4v) is 2.60. The van der Waals surface area contributed by atoms with Gasteiger partial charge in [-0.2, -0.15) is 0 Å². The van der Waals surface area contributed by atoms with Crippen molar-refractivity contribution >= 4 is 5.91 Å². The molecule has 1 aliphatic carbocycles. The van der Waals surface area contributed by atoms with E-state index >= 15 is 0 Å². The van der Waals surface area contributed by atoms with Gasteiger partial charge in [0, 0.05) is 6.04 Å². The number of carbonyl (C=O) groups is 1. The van der Waals surface area contributed by atoms with Crippen LogP contribution in [0.25, 0.3) is 0 Å². The van der Waals surface area contributed by atoms with Crippen LogP contribution < -0.4 is 5.32 Å². The summed E-state index contributed by atoms with van der Waals surface area (Å²) < 4.78 is 0. The van der Waals surface area contributed by atoms with Crippen molar-refractivity contribution in [1.29, 1.82) is 0 Å². The molecule has 0 aromatic heterocycles. The zero-order chi connectivity index (χ0) is 13.8. The van der Waals surface area contributed by atoms with Gasteiger partial charge in [-0.15, -0.1) is 0 Å². The first kappa shape index (κ1) is 13.7. The second-order valence-electron chi connectivity index (χ2n) is 5.49. The Hall–Kier alpha value is -1.71. The number of hydrogen-bond acceptors (Lipinski definition) is 3. The van der Waals surface area contributed by atoms with E-state index in [-0.39, 0.29) is 29.0 Å². The predicted molar refractivity (Wildman–Crippen MR) is 73.3 cm³/mol. The third kappa shape index (κ3) is 3.63. The minimum atomic E-state index is -0.312. The van der Waals surface area contributed by atoms with E-state index in [4.69, 9.17) is 0 Å². The van der Waals surface area contributed by atoms with Gasteiger partial charge in [-0.1, -0.05) is 19.8 Å². The molecule has 3 N–H and O–H groups in total. The van der Waals surface area contributed by atoms with E-state index < -0.39 is 0 Å². The SMILES string of the molecule is CC1CCCC(NC(=O)c2cc(O)ccc2O)CC1. The standard InChI is InChI=1S/C15H21NO3/c1-10-3-2-4-11(6-5-10)16-15(19)13-9-12(17)7-8-14(13)18/h7-11,17-18H,2-6H2,1H3,(H,16,19). The van der Waals surface area contributed by atoms with Gasteiger partial charge in [-0.3, -0.25) is 4.79 Å². The molecule has 0 saturated heterocycles. The lowest BCUT2D eigenvalue weighted by Crippen LogP contribution is -2.34. The highest BCUT2D eigenvalue weighted by Crippen LogP contribution is 2.25. The number of benzene rings is 1. The molecule has 0 aliphatic heterocycles. The summed E-state index contributed by atoms with van der Waals surface area (Å²) in [5, 5.41) is 22.0. The summed E-state index contributed by atoms with van der Waals surface area (Å²) in [6, 6.07) is 4.15. The first-order valence-corrected chi connectivity index (χ1v) is 6.89. The van der Waals surface area contributed by atoms with Gasteiger partial charge in [0.25, 0.3) is 5.91 Å². The number of carbonyl (C=O) groups excluding carboxylic acids is 1. The van der Waals surface area contributed by atoms with E-state index in [1.807, 2.05) is 0 Å². The van der Waals surface area contributed by atoms with Crippen LogP contribution in [0.5, 0.6) is 11.5 Å². The number of phenols is 2. The van der Waals surface area contributed by atoms with Crippen LogP contribution in [0, 0.1) is 5.92 Å². The molecule has 104 valence electrons. The molecule has 1 amide bonds. The smallest absolute Gasteiger partial charge is 0.255 e. The van der Waals surface area contributed by atoms with Crippen LogP contribution in [0.15, 0.2) is 18.2 Å². The highest BCUT2D eigenvalue weighted by molar-refractivity contribution is 5.97. The average Bonchev–Trinajstić information content (AvgIpc) is 2.57. The zero-order valence-corrected chi connectivity index (χ0v) is 11.2. The summed E-state index contributed by atoms with van der Waals surface area (Å²) >= 11 is 0. The molecule has 1 aromatic carbocycles. The van der Waals surface area contributed by atoms with Gasteiger partial charge in [0.2, 0.25) is 0 Å². The molecule has 19 heavy (non-hydrogen) atoms. The summed E-state index contributed by atoms with van der Waals surface area (Å²) in [6.45, 7) is 2.24. The summed E-state index contributed by atoms with van der Waals surface area (Å²) in [5.41, 5.74) is 0.136. The maximum atomic E-state index is 12.1. The number of aromatic hydroxyl groups is 2. The van der Waals surface area contributed by atoms with Crippen molar-refractivity contribution in [3.63, 3.8) is 0 Å². The van der Waals surface area contributed by atoms with Gasteiger partial charge in [-0.05, 0) is 43.4 Å². The first-order valence-electron chi connectivity index (χ1n) is 6.89. The molecule has 1 saturated carbocycles. The molecule has 2 unspecified atom stereocenters. The van der Waals surface area contributed by atoms with E-state index in [1.165, 1.54) is 24.6 Å². The van der Waals surface area contributed by atoms with Crippen molar-refractivity contribution in [2.24, 2.45) is 5.92 Å². The van der Waals surface area contributed by atoms with Gasteiger partial charge in [0.05, 0.1) is 5.56 Å². The lowest BCUT2D eigenvalue weighted by molar-refractivity contribution is 0.0930. The van der Waals surface area contributed by atoms with E-state index in [1.54, 1.807) is 0 Å². The fraction of sp³-hybridized carbons (Fsp3) is 0.533. The average molecular weight is 263 g/mol. The van der Waals surface area contributed by atoms with Crippen molar-refractivity contribution in [2.75, 3.05) is 0 Å². The second-order valence-corrected chi connectivity index (χ2v) is 5.49. The molecule has 0 heterocycles. The van der Waals surface area contributed by atoms with Gasteiger partial charge < -0.3 is 15.5 Å². The van der Waals surface area contributed by atoms with E-state index in [0.29, 0.717) is 0 Å². The first-order chi connectivity index (χ1) is 9.06. The van der Waals surface area contributed by atoms with Crippen molar-refractivity contribution < 1.29 is 15.0 Å². The van der Waals surface area contributed by atoms with Crippen molar-refractivity contribution in [2.45, 2.75) is 45.1 Å². The van der Waals surface area contributed by atoms with Crippen LogP contribution in [0.2, 0.25) is 0 Å². The molecular formula is C15H21NO3. The van der Waals surface area contributed by atoms with E-state index in [2.05, 4.69) is 12.2 Å². The number of amides is 1. The molecule has 0 spiro atoms. The monoisotopic (exact) mass is 263 g/mol. The predicted octanol–water partition coefficient (Wildman–Crippen LogP) is 2.80. The van der Waals surface area contributed by atoms with Crippen LogP contribution in [0.3, 0.4) is 0 Å². The van der Waals surface area contributed by atoms with Gasteiger partial charge in [0.1, 0.15) is 11.5 Å². The topological polar surface area (TPSA) is 69.6 Å². The molecule has 1 fully saturated rings. The van der Waals surface area contributed by atoms with Crippen LogP contribution in [-0.2, 0) is 0 Å². The zero-order valence-electron chi connectivity index (χ0n) is 11.2. The molecular weight excluding hydrogens is 242 g/mol. The van der Waals surface area contributed by atoms with E-state index in [9.17, 15) is 15.0 Å². The molecule has 0 radical (unpaired) electrons. The maximum Gasteiger partial charge on any atom is 0.255 e. The minimum absolute atomic E-state index is 0.0163. The molecule has 4 nitrogen and oxygen atoms in total. The van der Waals surface area contributed by atoms with Gasteiger partial charge in [-0.25, -0.2) is 0 Å². The maximum absolute atomic E-state index is 12.1. The Kier molecular flexibility index (Phi) is 4.30. The van der Waals surface area contributed by atoms with Crippen molar-refractivity contribution in [3.8, 4) is 11.5 Å². The highest BCUT2D eigenvalue weighted by atomic mass is 16.3. The lowest BCUT2D eigenvalue weighted by Gasteiger charge is -2.17. The van der Waals surface area contributed by atoms with Crippen LogP contribution in [0.4, 0.5) is 0 Å². The molecule has 1 aromatic rings. The van der Waals surface area contributed by atoms with Crippen LogP contribution >= 0.6 is 0 Å². The van der Waals surface area contributed by atoms with Crippen LogP contribution in [-0.4, -0.2) is 22.2 Å². The molecule has 0 bridgehead atoms. The number of rotatable bonds is 2. The molecule has 2 rings (SSSR count). The third-order valence-corrected chi connectivity index (χ3v) is 3.82. The fourth-order valence-electron chi connectivity index (χ4n) is 2.60. The quantitative estimate of drug-likeness (QED) is 0.567. The Labute approximate surface area is 113 Å². The Morgan fingerprint density at radius 1 is 1.21 bits per heavy atom. The largest absolute Gasteiger partial charge is 0.508 e. The van der Waals surface area contributed by atoms with Gasteiger partial charge >= 0.3 is 0 Å². The summed E-state index contributed by atoms with van der Waals surface area (Å²) in [4.78, 5) is 12.1. The molecule has 2 atom stereocenters. The van der Waals surface area contributed by atoms with Crippen molar-refractivity contribution in [3.05, 3.63) is 23.8 Å².